The summed E-state index contributed by atoms with van der Waals surface area (Å²) in [5.41, 5.74) is 0.967. The highest BCUT2D eigenvalue weighted by atomic mass is 16.5. The lowest BCUT2D eigenvalue weighted by Crippen LogP contribution is -2.27. The highest BCUT2D eigenvalue weighted by Crippen LogP contribution is 2.24. The number of ether oxygens (including phenoxy) is 2. The summed E-state index contributed by atoms with van der Waals surface area (Å²) in [6, 6.07) is 1.91. The van der Waals surface area contributed by atoms with Gasteiger partial charge in [0.15, 0.2) is 0 Å². The van der Waals surface area contributed by atoms with Crippen molar-refractivity contribution in [2.45, 2.75) is 12.3 Å². The second-order valence-electron chi connectivity index (χ2n) is 4.29. The maximum absolute atomic E-state index is 11.2. The monoisotopic (exact) mass is 251 g/mol. The fourth-order valence-electron chi connectivity index (χ4n) is 1.90. The molecule has 1 aliphatic heterocycles. The molecule has 1 saturated heterocycles. The molecule has 1 aromatic heterocycles. The van der Waals surface area contributed by atoms with E-state index in [1.807, 2.05) is 6.07 Å². The molecular weight excluding hydrogens is 234 g/mol. The molecule has 1 atom stereocenters. The molecule has 1 fully saturated rings. The number of aromatic nitrogens is 2. The molecule has 18 heavy (non-hydrogen) atoms. The van der Waals surface area contributed by atoms with Gasteiger partial charge in [0.1, 0.15) is 18.7 Å². The smallest absolute Gasteiger partial charge is 0.325 e. The number of carbonyl (C=O) groups is 1. The van der Waals surface area contributed by atoms with Crippen molar-refractivity contribution < 1.29 is 14.3 Å². The molecule has 2 heterocycles. The van der Waals surface area contributed by atoms with Crippen LogP contribution < -0.4 is 4.90 Å². The van der Waals surface area contributed by atoms with Crippen LogP contribution in [0.15, 0.2) is 12.4 Å². The Hall–Kier alpha value is -1.69. The predicted molar refractivity (Wildman–Crippen MR) is 65.5 cm³/mol. The van der Waals surface area contributed by atoms with Crippen molar-refractivity contribution in [3.63, 3.8) is 0 Å². The van der Waals surface area contributed by atoms with E-state index in [2.05, 4.69) is 14.7 Å². The van der Waals surface area contributed by atoms with E-state index in [1.165, 1.54) is 13.4 Å². The van der Waals surface area contributed by atoms with Gasteiger partial charge in [-0.1, -0.05) is 0 Å². The molecule has 6 nitrogen and oxygen atoms in total. The first-order valence-corrected chi connectivity index (χ1v) is 5.88. The summed E-state index contributed by atoms with van der Waals surface area (Å²) < 4.78 is 9.97. The Bertz CT molecular complexity index is 419. The molecule has 2 rings (SSSR count). The topological polar surface area (TPSA) is 64.5 Å². The zero-order valence-electron chi connectivity index (χ0n) is 10.6. The van der Waals surface area contributed by atoms with E-state index in [0.29, 0.717) is 12.5 Å². The van der Waals surface area contributed by atoms with Gasteiger partial charge in [0.2, 0.25) is 0 Å². The van der Waals surface area contributed by atoms with Crippen LogP contribution in [0.25, 0.3) is 0 Å². The number of likely N-dealkylation sites (N-methyl/N-ethyl adjacent to an activating group) is 1. The maximum Gasteiger partial charge on any atom is 0.325 e. The van der Waals surface area contributed by atoms with Gasteiger partial charge in [-0.05, 0) is 6.42 Å². The van der Waals surface area contributed by atoms with Gasteiger partial charge in [-0.15, -0.1) is 0 Å². The van der Waals surface area contributed by atoms with Crippen LogP contribution in [0.2, 0.25) is 0 Å². The number of methoxy groups -OCH3 is 1. The molecule has 1 unspecified atom stereocenters. The molecule has 0 spiro atoms. The van der Waals surface area contributed by atoms with Crippen molar-refractivity contribution in [3.8, 4) is 0 Å². The number of nitrogens with zero attached hydrogens (tertiary/aromatic N) is 3. The molecule has 0 aliphatic carbocycles. The lowest BCUT2D eigenvalue weighted by atomic mass is 10.0. The molecule has 0 radical (unpaired) electrons. The van der Waals surface area contributed by atoms with E-state index in [-0.39, 0.29) is 12.5 Å². The first-order valence-electron chi connectivity index (χ1n) is 5.88. The lowest BCUT2D eigenvalue weighted by Gasteiger charge is -2.17. The van der Waals surface area contributed by atoms with Crippen LogP contribution in [0, 0.1) is 0 Å². The van der Waals surface area contributed by atoms with Crippen molar-refractivity contribution >= 4 is 11.8 Å². The van der Waals surface area contributed by atoms with Crippen LogP contribution in [0.5, 0.6) is 0 Å². The number of hydrogen-bond acceptors (Lipinski definition) is 6. The summed E-state index contributed by atoms with van der Waals surface area (Å²) >= 11 is 0. The predicted octanol–water partition coefficient (Wildman–Crippen LogP) is 0.590. The Kier molecular flexibility index (Phi) is 4.09. The largest absolute Gasteiger partial charge is 0.468 e. The Morgan fingerprint density at radius 2 is 2.44 bits per heavy atom. The van der Waals surface area contributed by atoms with E-state index in [4.69, 9.17) is 4.74 Å². The van der Waals surface area contributed by atoms with Gasteiger partial charge in [-0.25, -0.2) is 9.97 Å². The van der Waals surface area contributed by atoms with Crippen molar-refractivity contribution in [3.05, 3.63) is 18.1 Å². The van der Waals surface area contributed by atoms with Crippen LogP contribution in [0.4, 0.5) is 5.82 Å². The van der Waals surface area contributed by atoms with Crippen molar-refractivity contribution in [1.29, 1.82) is 0 Å². The van der Waals surface area contributed by atoms with Crippen molar-refractivity contribution in [1.82, 2.24) is 9.97 Å². The van der Waals surface area contributed by atoms with Crippen molar-refractivity contribution in [2.75, 3.05) is 38.8 Å². The van der Waals surface area contributed by atoms with Gasteiger partial charge in [0.25, 0.3) is 0 Å². The second-order valence-corrected chi connectivity index (χ2v) is 4.29. The van der Waals surface area contributed by atoms with Gasteiger partial charge in [-0.3, -0.25) is 4.79 Å². The van der Waals surface area contributed by atoms with E-state index < -0.39 is 0 Å². The van der Waals surface area contributed by atoms with E-state index >= 15 is 0 Å². The standard InChI is InChI=1S/C12H17N3O3/c1-15(6-12(16)17-2)11-5-10(13-8-14-11)9-3-4-18-7-9/h5,8-9H,3-4,6-7H2,1-2H3. The molecule has 6 heteroatoms. The fourth-order valence-corrected chi connectivity index (χ4v) is 1.90. The molecule has 0 bridgehead atoms. The highest BCUT2D eigenvalue weighted by Gasteiger charge is 2.20. The zero-order valence-corrected chi connectivity index (χ0v) is 10.6. The molecular formula is C12H17N3O3. The summed E-state index contributed by atoms with van der Waals surface area (Å²) in [7, 11) is 3.17. The molecule has 0 aromatic carbocycles. The second kappa shape index (κ2) is 5.77. The minimum Gasteiger partial charge on any atom is -0.468 e. The Morgan fingerprint density at radius 3 is 3.11 bits per heavy atom. The first kappa shape index (κ1) is 12.8. The van der Waals surface area contributed by atoms with Gasteiger partial charge in [0.05, 0.1) is 19.4 Å². The van der Waals surface area contributed by atoms with Crippen molar-refractivity contribution in [2.24, 2.45) is 0 Å². The van der Waals surface area contributed by atoms with E-state index in [0.717, 1.165) is 24.5 Å². The third kappa shape index (κ3) is 2.95. The minimum absolute atomic E-state index is 0.175. The number of carbonyl (C=O) groups excluding carboxylic acids is 1. The van der Waals surface area contributed by atoms with Crippen LogP contribution in [0.3, 0.4) is 0 Å². The van der Waals surface area contributed by atoms with Crippen LogP contribution in [-0.4, -0.2) is 49.9 Å². The SMILES string of the molecule is COC(=O)CN(C)c1cc(C2CCOC2)ncn1. The third-order valence-corrected chi connectivity index (χ3v) is 3.01. The van der Waals surface area contributed by atoms with Gasteiger partial charge in [-0.2, -0.15) is 0 Å². The van der Waals surface area contributed by atoms with Crippen LogP contribution >= 0.6 is 0 Å². The van der Waals surface area contributed by atoms with Crippen LogP contribution in [0.1, 0.15) is 18.0 Å². The van der Waals surface area contributed by atoms with E-state index in [9.17, 15) is 4.79 Å². The molecule has 0 saturated carbocycles. The summed E-state index contributed by atoms with van der Waals surface area (Å²) in [6.07, 6.45) is 2.51. The Morgan fingerprint density at radius 1 is 1.61 bits per heavy atom. The molecule has 98 valence electrons. The number of rotatable bonds is 4. The average molecular weight is 251 g/mol. The van der Waals surface area contributed by atoms with Crippen LogP contribution in [-0.2, 0) is 14.3 Å². The zero-order chi connectivity index (χ0) is 13.0. The molecule has 1 aromatic rings. The quantitative estimate of drug-likeness (QED) is 0.730. The summed E-state index contributed by atoms with van der Waals surface area (Å²) in [4.78, 5) is 21.4. The lowest BCUT2D eigenvalue weighted by molar-refractivity contribution is -0.138. The third-order valence-electron chi connectivity index (χ3n) is 3.01. The maximum atomic E-state index is 11.2. The number of esters is 1. The normalized spacial score (nSPS) is 18.7. The summed E-state index contributed by atoms with van der Waals surface area (Å²) in [5, 5.41) is 0. The van der Waals surface area contributed by atoms with Gasteiger partial charge < -0.3 is 14.4 Å². The van der Waals surface area contributed by atoms with Gasteiger partial charge >= 0.3 is 5.97 Å². The Labute approximate surface area is 106 Å². The molecule has 1 aliphatic rings. The Balaban J connectivity index is 2.08. The van der Waals surface area contributed by atoms with E-state index in [1.54, 1.807) is 11.9 Å². The average Bonchev–Trinajstić information content (AvgIpc) is 2.92. The number of anilines is 1. The minimum atomic E-state index is -0.290. The van der Waals surface area contributed by atoms with Gasteiger partial charge in [0, 0.05) is 25.6 Å². The molecule has 0 N–H and O–H groups in total. The summed E-state index contributed by atoms with van der Waals surface area (Å²) in [6.45, 7) is 1.66. The highest BCUT2D eigenvalue weighted by molar-refractivity contribution is 5.74. The summed E-state index contributed by atoms with van der Waals surface area (Å²) in [5.74, 6) is 0.762. The molecule has 0 amide bonds. The first-order chi connectivity index (χ1) is 8.70. The fraction of sp³-hybridized carbons (Fsp3) is 0.583. The number of hydrogen-bond donors (Lipinski definition) is 0.